The fourth-order valence-corrected chi connectivity index (χ4v) is 4.06. The van der Waals surface area contributed by atoms with Crippen LogP contribution < -0.4 is 9.64 Å². The normalized spacial score (nSPS) is 11.2. The van der Waals surface area contributed by atoms with E-state index in [-0.39, 0.29) is 12.5 Å². The number of hydrogen-bond donors (Lipinski definition) is 0. The molecule has 0 atom stereocenters. The maximum absolute atomic E-state index is 12.9. The number of carbonyl (C=O) groups excluding carboxylic acids is 1. The molecule has 0 aliphatic rings. The SMILES string of the molecule is Cc1ccc(OCC(=O)N(CCCN(C)C)c2nc3c(Cl)cccc3s2)cc1. The van der Waals surface area contributed by atoms with Gasteiger partial charge in [0.1, 0.15) is 11.3 Å². The van der Waals surface area contributed by atoms with Crippen molar-refractivity contribution in [3.63, 3.8) is 0 Å². The number of benzene rings is 2. The van der Waals surface area contributed by atoms with E-state index in [2.05, 4.69) is 9.88 Å². The highest BCUT2D eigenvalue weighted by atomic mass is 35.5. The first-order chi connectivity index (χ1) is 13.4. The van der Waals surface area contributed by atoms with Gasteiger partial charge in [-0.2, -0.15) is 0 Å². The molecule has 1 aromatic heterocycles. The zero-order chi connectivity index (χ0) is 20.1. The Morgan fingerprint density at radius 3 is 2.57 bits per heavy atom. The van der Waals surface area contributed by atoms with Crippen molar-refractivity contribution in [1.29, 1.82) is 0 Å². The molecule has 1 heterocycles. The number of aromatic nitrogens is 1. The monoisotopic (exact) mass is 417 g/mol. The second-order valence-corrected chi connectivity index (χ2v) is 8.30. The minimum absolute atomic E-state index is 0.0331. The molecule has 1 amide bonds. The lowest BCUT2D eigenvalue weighted by molar-refractivity contribution is -0.120. The molecule has 0 saturated heterocycles. The van der Waals surface area contributed by atoms with Gasteiger partial charge in [-0.1, -0.05) is 46.7 Å². The Kier molecular flexibility index (Phi) is 6.88. The first kappa shape index (κ1) is 20.6. The average molecular weight is 418 g/mol. The van der Waals surface area contributed by atoms with Gasteiger partial charge in [0.2, 0.25) is 0 Å². The average Bonchev–Trinajstić information content (AvgIpc) is 3.09. The molecule has 0 bridgehead atoms. The molecule has 0 fully saturated rings. The summed E-state index contributed by atoms with van der Waals surface area (Å²) in [5.74, 6) is 0.564. The summed E-state index contributed by atoms with van der Waals surface area (Å²) in [7, 11) is 4.04. The topological polar surface area (TPSA) is 45.7 Å². The summed E-state index contributed by atoms with van der Waals surface area (Å²) >= 11 is 7.73. The molecule has 148 valence electrons. The van der Waals surface area contributed by atoms with Crippen molar-refractivity contribution < 1.29 is 9.53 Å². The molecule has 0 saturated carbocycles. The van der Waals surface area contributed by atoms with Gasteiger partial charge in [0.15, 0.2) is 11.7 Å². The van der Waals surface area contributed by atoms with E-state index >= 15 is 0 Å². The molecule has 0 unspecified atom stereocenters. The molecule has 0 aliphatic carbocycles. The number of aryl methyl sites for hydroxylation is 1. The number of carbonyl (C=O) groups is 1. The first-order valence-electron chi connectivity index (χ1n) is 9.13. The van der Waals surface area contributed by atoms with Crippen LogP contribution in [0.5, 0.6) is 5.75 Å². The third kappa shape index (κ3) is 5.22. The van der Waals surface area contributed by atoms with E-state index in [1.54, 1.807) is 4.90 Å². The zero-order valence-electron chi connectivity index (χ0n) is 16.3. The van der Waals surface area contributed by atoms with Gasteiger partial charge in [-0.25, -0.2) is 4.98 Å². The van der Waals surface area contributed by atoms with Crippen molar-refractivity contribution in [3.8, 4) is 5.75 Å². The lowest BCUT2D eigenvalue weighted by atomic mass is 10.2. The summed E-state index contributed by atoms with van der Waals surface area (Å²) < 4.78 is 6.66. The van der Waals surface area contributed by atoms with Crippen LogP contribution in [0.25, 0.3) is 10.2 Å². The van der Waals surface area contributed by atoms with E-state index in [9.17, 15) is 4.79 Å². The minimum atomic E-state index is -0.116. The predicted octanol–water partition coefficient (Wildman–Crippen LogP) is 4.62. The molecule has 3 rings (SSSR count). The number of amides is 1. The van der Waals surface area contributed by atoms with Crippen molar-refractivity contribution in [1.82, 2.24) is 9.88 Å². The van der Waals surface area contributed by atoms with Crippen LogP contribution >= 0.6 is 22.9 Å². The summed E-state index contributed by atoms with van der Waals surface area (Å²) in [6, 6.07) is 13.3. The Morgan fingerprint density at radius 2 is 1.89 bits per heavy atom. The van der Waals surface area contributed by atoms with E-state index in [1.807, 2.05) is 63.5 Å². The van der Waals surface area contributed by atoms with Gasteiger partial charge in [0, 0.05) is 6.54 Å². The molecule has 28 heavy (non-hydrogen) atoms. The van der Waals surface area contributed by atoms with Gasteiger partial charge in [0.05, 0.1) is 9.72 Å². The molecule has 0 spiro atoms. The van der Waals surface area contributed by atoms with E-state index in [1.165, 1.54) is 11.3 Å². The van der Waals surface area contributed by atoms with Crippen molar-refractivity contribution in [2.45, 2.75) is 13.3 Å². The Balaban J connectivity index is 1.77. The molecular weight excluding hydrogens is 394 g/mol. The van der Waals surface area contributed by atoms with Crippen LogP contribution in [0, 0.1) is 6.92 Å². The predicted molar refractivity (Wildman–Crippen MR) is 117 cm³/mol. The van der Waals surface area contributed by atoms with Crippen LogP contribution in [-0.4, -0.2) is 49.6 Å². The van der Waals surface area contributed by atoms with Crippen LogP contribution in [0.2, 0.25) is 5.02 Å². The third-order valence-electron chi connectivity index (χ3n) is 4.26. The fourth-order valence-electron chi connectivity index (χ4n) is 2.75. The second-order valence-electron chi connectivity index (χ2n) is 6.89. The molecular formula is C21H24ClN3O2S. The van der Waals surface area contributed by atoms with E-state index in [0.29, 0.717) is 22.4 Å². The van der Waals surface area contributed by atoms with Crippen LogP contribution in [0.4, 0.5) is 5.13 Å². The van der Waals surface area contributed by atoms with Gasteiger partial charge in [0.25, 0.3) is 5.91 Å². The minimum Gasteiger partial charge on any atom is -0.484 e. The number of fused-ring (bicyclic) bond motifs is 1. The fraction of sp³-hybridized carbons (Fsp3) is 0.333. The van der Waals surface area contributed by atoms with Crippen LogP contribution in [0.15, 0.2) is 42.5 Å². The Morgan fingerprint density at radius 1 is 1.14 bits per heavy atom. The smallest absolute Gasteiger partial charge is 0.266 e. The number of hydrogen-bond acceptors (Lipinski definition) is 5. The van der Waals surface area contributed by atoms with E-state index < -0.39 is 0 Å². The second kappa shape index (κ2) is 9.37. The van der Waals surface area contributed by atoms with Crippen LogP contribution in [0.3, 0.4) is 0 Å². The highest BCUT2D eigenvalue weighted by Crippen LogP contribution is 2.33. The van der Waals surface area contributed by atoms with Crippen LogP contribution in [0.1, 0.15) is 12.0 Å². The van der Waals surface area contributed by atoms with Gasteiger partial charge in [-0.15, -0.1) is 0 Å². The molecule has 0 aliphatic heterocycles. The number of anilines is 1. The number of nitrogens with zero attached hydrogens (tertiary/aromatic N) is 3. The molecule has 0 radical (unpaired) electrons. The molecule has 7 heteroatoms. The molecule has 3 aromatic rings. The quantitative estimate of drug-likeness (QED) is 0.536. The lowest BCUT2D eigenvalue weighted by Gasteiger charge is -2.21. The maximum Gasteiger partial charge on any atom is 0.266 e. The number of rotatable bonds is 8. The molecule has 2 aromatic carbocycles. The number of halogens is 1. The number of thiazole rings is 1. The third-order valence-corrected chi connectivity index (χ3v) is 5.61. The van der Waals surface area contributed by atoms with Gasteiger partial charge < -0.3 is 9.64 Å². The molecule has 0 N–H and O–H groups in total. The zero-order valence-corrected chi connectivity index (χ0v) is 17.9. The van der Waals surface area contributed by atoms with Crippen molar-refractivity contribution >= 4 is 44.2 Å². The summed E-state index contributed by atoms with van der Waals surface area (Å²) in [4.78, 5) is 21.4. The van der Waals surface area contributed by atoms with Gasteiger partial charge >= 0.3 is 0 Å². The number of ether oxygens (including phenoxy) is 1. The number of para-hydroxylation sites is 1. The Bertz CT molecular complexity index is 940. The lowest BCUT2D eigenvalue weighted by Crippen LogP contribution is -2.36. The standard InChI is InChI=1S/C21H24ClN3O2S/c1-15-8-10-16(11-9-15)27-14-19(26)25(13-5-12-24(2)3)21-23-20-17(22)6-4-7-18(20)28-21/h4,6-11H,5,12-14H2,1-3H3. The van der Waals surface area contributed by atoms with Gasteiger partial charge in [-0.3, -0.25) is 9.69 Å². The maximum atomic E-state index is 12.9. The van der Waals surface area contributed by atoms with Crippen molar-refractivity contribution in [3.05, 3.63) is 53.1 Å². The van der Waals surface area contributed by atoms with Crippen molar-refractivity contribution in [2.75, 3.05) is 38.7 Å². The Hall–Kier alpha value is -2.15. The summed E-state index contributed by atoms with van der Waals surface area (Å²) in [5.41, 5.74) is 1.88. The van der Waals surface area contributed by atoms with Gasteiger partial charge in [-0.05, 0) is 58.3 Å². The highest BCUT2D eigenvalue weighted by Gasteiger charge is 2.21. The summed E-state index contributed by atoms with van der Waals surface area (Å²) in [5, 5.41) is 1.25. The Labute approximate surface area is 174 Å². The highest BCUT2D eigenvalue weighted by molar-refractivity contribution is 7.22. The molecule has 5 nitrogen and oxygen atoms in total. The largest absolute Gasteiger partial charge is 0.484 e. The van der Waals surface area contributed by atoms with E-state index in [0.717, 1.165) is 28.7 Å². The first-order valence-corrected chi connectivity index (χ1v) is 10.3. The van der Waals surface area contributed by atoms with Crippen molar-refractivity contribution in [2.24, 2.45) is 0 Å². The van der Waals surface area contributed by atoms with E-state index in [4.69, 9.17) is 16.3 Å². The summed E-state index contributed by atoms with van der Waals surface area (Å²) in [6.07, 6.45) is 0.840. The van der Waals surface area contributed by atoms with Crippen LogP contribution in [-0.2, 0) is 4.79 Å². The summed E-state index contributed by atoms with van der Waals surface area (Å²) in [6.45, 7) is 3.44.